The molecule has 0 radical (unpaired) electrons. The zero-order valence-electron chi connectivity index (χ0n) is 7.63. The van der Waals surface area contributed by atoms with Gasteiger partial charge in [-0.2, -0.15) is 0 Å². The summed E-state index contributed by atoms with van der Waals surface area (Å²) in [6.07, 6.45) is 1.09. The van der Waals surface area contributed by atoms with E-state index < -0.39 is 0 Å². The Balaban J connectivity index is 2.50. The fraction of sp³-hybridized carbons (Fsp3) is 0.400. The summed E-state index contributed by atoms with van der Waals surface area (Å²) in [6, 6.07) is 8.37. The van der Waals surface area contributed by atoms with E-state index in [2.05, 4.69) is 62.0 Å². The molecule has 0 spiro atoms. The van der Waals surface area contributed by atoms with Crippen molar-refractivity contribution in [2.24, 2.45) is 0 Å². The van der Waals surface area contributed by atoms with Crippen LogP contribution in [0.4, 0.5) is 0 Å². The third kappa shape index (κ3) is 3.79. The molecule has 0 saturated carbocycles. The number of hydrogen-bond donors (Lipinski definition) is 0. The molecule has 0 aliphatic rings. The molecule has 0 N–H and O–H groups in total. The number of alkyl halides is 1. The average Bonchev–Trinajstić information content (AvgIpc) is 2.16. The van der Waals surface area contributed by atoms with Crippen LogP contribution in [-0.2, 0) is 6.42 Å². The lowest BCUT2D eigenvalue weighted by atomic mass is 10.1. The first-order valence-electron chi connectivity index (χ1n) is 4.22. The quantitative estimate of drug-likeness (QED) is 0.609. The highest BCUT2D eigenvalue weighted by Crippen LogP contribution is 2.16. The normalized spacial score (nSPS) is 10.8. The summed E-state index contributed by atoms with van der Waals surface area (Å²) in [7, 11) is 2.10. The van der Waals surface area contributed by atoms with Crippen LogP contribution in [0.3, 0.4) is 0 Å². The van der Waals surface area contributed by atoms with Gasteiger partial charge in [-0.3, -0.25) is 4.90 Å². The highest BCUT2D eigenvalue weighted by molar-refractivity contribution is 9.10. The van der Waals surface area contributed by atoms with Crippen molar-refractivity contribution in [3.05, 3.63) is 34.3 Å². The summed E-state index contributed by atoms with van der Waals surface area (Å²) in [5.74, 6) is 0. The third-order valence-electron chi connectivity index (χ3n) is 1.92. The van der Waals surface area contributed by atoms with Gasteiger partial charge in [0.05, 0.1) is 5.45 Å². The molecular weight excluding hydrogens is 294 g/mol. The lowest BCUT2D eigenvalue weighted by Crippen LogP contribution is -2.19. The van der Waals surface area contributed by atoms with Crippen molar-refractivity contribution in [1.29, 1.82) is 0 Å². The fourth-order valence-electron chi connectivity index (χ4n) is 1.07. The van der Waals surface area contributed by atoms with Crippen LogP contribution in [-0.4, -0.2) is 23.9 Å². The SMILES string of the molecule is CN(CBr)CCc1ccccc1Br. The Kier molecular flexibility index (Phi) is 4.99. The second-order valence-electron chi connectivity index (χ2n) is 3.04. The molecule has 0 atom stereocenters. The molecule has 0 fully saturated rings. The minimum Gasteiger partial charge on any atom is -0.296 e. The molecule has 0 saturated heterocycles. The molecular formula is C10H13Br2N. The topological polar surface area (TPSA) is 3.24 Å². The van der Waals surface area contributed by atoms with Gasteiger partial charge in [-0.25, -0.2) is 0 Å². The van der Waals surface area contributed by atoms with E-state index in [1.54, 1.807) is 0 Å². The predicted molar refractivity (Wildman–Crippen MR) is 64.3 cm³/mol. The number of hydrogen-bond acceptors (Lipinski definition) is 1. The molecule has 72 valence electrons. The monoisotopic (exact) mass is 305 g/mol. The van der Waals surface area contributed by atoms with Crippen molar-refractivity contribution in [2.75, 3.05) is 19.0 Å². The van der Waals surface area contributed by atoms with Crippen LogP contribution in [0.15, 0.2) is 28.7 Å². The van der Waals surface area contributed by atoms with Crippen LogP contribution in [0.25, 0.3) is 0 Å². The zero-order valence-corrected chi connectivity index (χ0v) is 10.8. The molecule has 0 aromatic heterocycles. The average molecular weight is 307 g/mol. The molecule has 1 aromatic carbocycles. The minimum absolute atomic E-state index is 0.928. The Labute approximate surface area is 96.4 Å². The molecule has 0 amide bonds. The van der Waals surface area contributed by atoms with Gasteiger partial charge in [-0.15, -0.1) is 0 Å². The van der Waals surface area contributed by atoms with Gasteiger partial charge in [-0.05, 0) is 25.1 Å². The van der Waals surface area contributed by atoms with Gasteiger partial charge in [0.1, 0.15) is 0 Å². The summed E-state index contributed by atoms with van der Waals surface area (Å²) < 4.78 is 1.21. The molecule has 1 aromatic rings. The maximum Gasteiger partial charge on any atom is 0.0539 e. The lowest BCUT2D eigenvalue weighted by Gasteiger charge is -2.12. The molecule has 0 aliphatic heterocycles. The van der Waals surface area contributed by atoms with Gasteiger partial charge in [0.25, 0.3) is 0 Å². The van der Waals surface area contributed by atoms with Crippen molar-refractivity contribution in [3.63, 3.8) is 0 Å². The third-order valence-corrected chi connectivity index (χ3v) is 3.55. The van der Waals surface area contributed by atoms with Gasteiger partial charge in [-0.1, -0.05) is 50.1 Å². The number of halogens is 2. The maximum absolute atomic E-state index is 3.54. The molecule has 1 nitrogen and oxygen atoms in total. The van der Waals surface area contributed by atoms with Crippen molar-refractivity contribution < 1.29 is 0 Å². The van der Waals surface area contributed by atoms with Crippen LogP contribution >= 0.6 is 31.9 Å². The predicted octanol–water partition coefficient (Wildman–Crippen LogP) is 3.28. The molecule has 13 heavy (non-hydrogen) atoms. The molecule has 0 unspecified atom stereocenters. The van der Waals surface area contributed by atoms with Crippen molar-refractivity contribution >= 4 is 31.9 Å². The van der Waals surface area contributed by atoms with Gasteiger partial charge in [0, 0.05) is 11.0 Å². The van der Waals surface area contributed by atoms with Crippen LogP contribution in [0.1, 0.15) is 5.56 Å². The number of nitrogens with zero attached hydrogens (tertiary/aromatic N) is 1. The van der Waals surface area contributed by atoms with Gasteiger partial charge < -0.3 is 0 Å². The van der Waals surface area contributed by atoms with Crippen molar-refractivity contribution in [2.45, 2.75) is 6.42 Å². The molecule has 0 heterocycles. The first-order chi connectivity index (χ1) is 6.24. The van der Waals surface area contributed by atoms with Crippen molar-refractivity contribution in [1.82, 2.24) is 4.90 Å². The Hall–Kier alpha value is 0.140. The largest absolute Gasteiger partial charge is 0.296 e. The number of likely N-dealkylation sites (N-methyl/N-ethyl adjacent to an activating group) is 1. The van der Waals surface area contributed by atoms with Crippen molar-refractivity contribution in [3.8, 4) is 0 Å². The highest BCUT2D eigenvalue weighted by Gasteiger charge is 2.00. The highest BCUT2D eigenvalue weighted by atomic mass is 79.9. The summed E-state index contributed by atoms with van der Waals surface area (Å²) >= 11 is 6.96. The molecule has 0 bridgehead atoms. The second kappa shape index (κ2) is 5.78. The second-order valence-corrected chi connectivity index (χ2v) is 4.40. The van der Waals surface area contributed by atoms with E-state index in [0.29, 0.717) is 0 Å². The number of rotatable bonds is 4. The smallest absolute Gasteiger partial charge is 0.0539 e. The first kappa shape index (κ1) is 11.2. The Morgan fingerprint density at radius 3 is 2.62 bits per heavy atom. The standard InChI is InChI=1S/C10H13Br2N/c1-13(8-11)7-6-9-4-2-3-5-10(9)12/h2-5H,6-8H2,1H3. The minimum atomic E-state index is 0.928. The molecule has 3 heteroatoms. The van der Waals surface area contributed by atoms with Gasteiger partial charge in [0.2, 0.25) is 0 Å². The van der Waals surface area contributed by atoms with E-state index in [-0.39, 0.29) is 0 Å². The van der Waals surface area contributed by atoms with Gasteiger partial charge >= 0.3 is 0 Å². The summed E-state index contributed by atoms with van der Waals surface area (Å²) in [6.45, 7) is 1.08. The summed E-state index contributed by atoms with van der Waals surface area (Å²) in [4.78, 5) is 2.24. The summed E-state index contributed by atoms with van der Waals surface area (Å²) in [5.41, 5.74) is 2.30. The van der Waals surface area contributed by atoms with Crippen LogP contribution < -0.4 is 0 Å². The van der Waals surface area contributed by atoms with E-state index in [4.69, 9.17) is 0 Å². The van der Waals surface area contributed by atoms with E-state index in [9.17, 15) is 0 Å². The van der Waals surface area contributed by atoms with E-state index in [1.165, 1.54) is 10.0 Å². The lowest BCUT2D eigenvalue weighted by molar-refractivity contribution is 0.401. The number of benzene rings is 1. The zero-order chi connectivity index (χ0) is 9.68. The maximum atomic E-state index is 3.54. The summed E-state index contributed by atoms with van der Waals surface area (Å²) in [5, 5.41) is 0. The van der Waals surface area contributed by atoms with E-state index in [0.717, 1.165) is 18.4 Å². The molecule has 0 aliphatic carbocycles. The Morgan fingerprint density at radius 2 is 2.00 bits per heavy atom. The van der Waals surface area contributed by atoms with Gasteiger partial charge in [0.15, 0.2) is 0 Å². The Morgan fingerprint density at radius 1 is 1.31 bits per heavy atom. The van der Waals surface area contributed by atoms with Crippen LogP contribution in [0.2, 0.25) is 0 Å². The fourth-order valence-corrected chi connectivity index (χ4v) is 1.81. The van der Waals surface area contributed by atoms with Crippen LogP contribution in [0.5, 0.6) is 0 Å². The van der Waals surface area contributed by atoms with Crippen LogP contribution in [0, 0.1) is 0 Å². The van der Waals surface area contributed by atoms with E-state index >= 15 is 0 Å². The van der Waals surface area contributed by atoms with E-state index in [1.807, 2.05) is 6.07 Å². The molecule has 1 rings (SSSR count). The Bertz CT molecular complexity index is 263. The first-order valence-corrected chi connectivity index (χ1v) is 6.13.